The molecule has 11 heteroatoms. The van der Waals surface area contributed by atoms with Crippen LogP contribution in [0.4, 0.5) is 0 Å². The Kier molecular flexibility index (Phi) is 5.73. The molecular weight excluding hydrogens is 504 g/mol. The predicted octanol–water partition coefficient (Wildman–Crippen LogP) is 4.29. The summed E-state index contributed by atoms with van der Waals surface area (Å²) in [5.41, 5.74) is 1.45. The van der Waals surface area contributed by atoms with Crippen LogP contribution < -0.4 is 0 Å². The van der Waals surface area contributed by atoms with Crippen molar-refractivity contribution in [2.45, 2.75) is 39.9 Å². The lowest BCUT2D eigenvalue weighted by molar-refractivity contribution is 0.0317. The highest BCUT2D eigenvalue weighted by Crippen LogP contribution is 2.37. The minimum absolute atomic E-state index is 0.211. The monoisotopic (exact) mass is 516 g/mol. The third kappa shape index (κ3) is 3.81. The minimum Gasteiger partial charge on any atom is -0.458 e. The highest BCUT2D eigenvalue weighted by molar-refractivity contribution is 9.11. The molecule has 0 N–H and O–H groups in total. The maximum atomic E-state index is 12.5. The first-order valence-corrected chi connectivity index (χ1v) is 10.2. The summed E-state index contributed by atoms with van der Waals surface area (Å²) < 4.78 is 20.0. The Morgan fingerprint density at radius 1 is 0.778 bits per heavy atom. The van der Waals surface area contributed by atoms with Gasteiger partial charge in [-0.25, -0.2) is 19.6 Å². The van der Waals surface area contributed by atoms with E-state index in [2.05, 4.69) is 50.6 Å². The molecule has 8 nitrogen and oxygen atoms in total. The van der Waals surface area contributed by atoms with Gasteiger partial charge in [0.1, 0.15) is 22.1 Å². The number of carbonyl (C=O) groups is 2. The summed E-state index contributed by atoms with van der Waals surface area (Å²) in [7, 11) is 0. The molecule has 0 saturated carbocycles. The maximum absolute atomic E-state index is 12.5. The Morgan fingerprint density at radius 2 is 1.15 bits per heavy atom. The number of ether oxygens (including phenoxy) is 2. The summed E-state index contributed by atoms with van der Waals surface area (Å²) >= 11 is 7.92. The van der Waals surface area contributed by atoms with Gasteiger partial charge in [-0.2, -0.15) is 8.75 Å². The van der Waals surface area contributed by atoms with Crippen LogP contribution >= 0.6 is 43.6 Å². The second kappa shape index (κ2) is 7.72. The Labute approximate surface area is 175 Å². The number of benzene rings is 1. The van der Waals surface area contributed by atoms with E-state index in [1.54, 1.807) is 27.7 Å². The molecule has 0 bridgehead atoms. The van der Waals surface area contributed by atoms with E-state index in [0.29, 0.717) is 31.0 Å². The fourth-order valence-electron chi connectivity index (χ4n) is 2.27. The van der Waals surface area contributed by atoms with Gasteiger partial charge in [0.15, 0.2) is 11.4 Å². The molecule has 0 spiro atoms. The van der Waals surface area contributed by atoms with Crippen molar-refractivity contribution in [3.05, 3.63) is 20.3 Å². The SMILES string of the molecule is CC(C)OC(=O)c1nc2c(Br)c3nsnc3c(Br)c2nc1C(=O)OC(C)C. The van der Waals surface area contributed by atoms with Gasteiger partial charge in [0.25, 0.3) is 0 Å². The third-order valence-electron chi connectivity index (χ3n) is 3.29. The van der Waals surface area contributed by atoms with Crippen LogP contribution in [0.5, 0.6) is 0 Å². The van der Waals surface area contributed by atoms with Gasteiger partial charge in [0.05, 0.1) is 32.9 Å². The summed E-state index contributed by atoms with van der Waals surface area (Å²) in [6.07, 6.45) is -0.770. The van der Waals surface area contributed by atoms with E-state index in [1.165, 1.54) is 0 Å². The second-order valence-corrected chi connectivity index (χ2v) is 8.23. The molecule has 0 atom stereocenters. The van der Waals surface area contributed by atoms with Crippen molar-refractivity contribution < 1.29 is 19.1 Å². The van der Waals surface area contributed by atoms with Crippen molar-refractivity contribution in [1.82, 2.24) is 18.7 Å². The van der Waals surface area contributed by atoms with Gasteiger partial charge >= 0.3 is 11.9 Å². The average Bonchev–Trinajstić information content (AvgIpc) is 3.07. The van der Waals surface area contributed by atoms with Gasteiger partial charge in [-0.15, -0.1) is 0 Å². The first kappa shape index (κ1) is 20.0. The standard InChI is InChI=1S/C16H14Br2N4O4S/c1-5(2)25-15(23)13-14(16(24)26-6(3)4)20-10-8(18)12-11(21-27-22-12)7(17)9(10)19-13/h5-6H,1-4H3. The third-order valence-corrected chi connectivity index (χ3v) is 5.32. The maximum Gasteiger partial charge on any atom is 0.359 e. The topological polar surface area (TPSA) is 104 Å². The summed E-state index contributed by atoms with van der Waals surface area (Å²) in [5, 5.41) is 0. The second-order valence-electron chi connectivity index (χ2n) is 6.12. The molecule has 0 amide bonds. The van der Waals surface area contributed by atoms with E-state index >= 15 is 0 Å². The Morgan fingerprint density at radius 3 is 1.48 bits per heavy atom. The molecular formula is C16H14Br2N4O4S. The van der Waals surface area contributed by atoms with Gasteiger partial charge in [0, 0.05) is 0 Å². The number of carbonyl (C=O) groups excluding carboxylic acids is 2. The van der Waals surface area contributed by atoms with E-state index in [9.17, 15) is 9.59 Å². The van der Waals surface area contributed by atoms with Crippen LogP contribution in [0.3, 0.4) is 0 Å². The predicted molar refractivity (Wildman–Crippen MR) is 107 cm³/mol. The molecule has 0 radical (unpaired) electrons. The van der Waals surface area contributed by atoms with Crippen molar-refractivity contribution in [2.75, 3.05) is 0 Å². The first-order valence-electron chi connectivity index (χ1n) is 7.93. The van der Waals surface area contributed by atoms with Crippen LogP contribution in [0.15, 0.2) is 8.95 Å². The molecule has 3 aromatic rings. The lowest BCUT2D eigenvalue weighted by Gasteiger charge is -2.13. The molecule has 0 aliphatic rings. The average molecular weight is 518 g/mol. The van der Waals surface area contributed by atoms with Crippen molar-refractivity contribution in [3.8, 4) is 0 Å². The van der Waals surface area contributed by atoms with Crippen molar-refractivity contribution in [2.24, 2.45) is 0 Å². The van der Waals surface area contributed by atoms with Crippen LogP contribution in [0, 0.1) is 0 Å². The molecule has 27 heavy (non-hydrogen) atoms. The molecule has 0 aliphatic heterocycles. The Hall–Kier alpha value is -1.72. The fourth-order valence-corrected chi connectivity index (χ4v) is 4.17. The van der Waals surface area contributed by atoms with Gasteiger partial charge < -0.3 is 9.47 Å². The summed E-state index contributed by atoms with van der Waals surface area (Å²) in [4.78, 5) is 33.8. The number of fused-ring (bicyclic) bond motifs is 2. The van der Waals surface area contributed by atoms with Gasteiger partial charge in [-0.3, -0.25) is 0 Å². The zero-order valence-corrected chi connectivity index (χ0v) is 18.7. The largest absolute Gasteiger partial charge is 0.458 e. The molecule has 3 rings (SSSR count). The van der Waals surface area contributed by atoms with E-state index < -0.39 is 11.9 Å². The van der Waals surface area contributed by atoms with Crippen LogP contribution in [0.25, 0.3) is 22.1 Å². The quantitative estimate of drug-likeness (QED) is 0.472. The van der Waals surface area contributed by atoms with Crippen molar-refractivity contribution in [1.29, 1.82) is 0 Å². The van der Waals surface area contributed by atoms with Crippen LogP contribution in [0.2, 0.25) is 0 Å². The molecule has 0 aliphatic carbocycles. The Balaban J connectivity index is 2.32. The Bertz CT molecular complexity index is 986. The summed E-state index contributed by atoms with van der Waals surface area (Å²) in [5.74, 6) is -1.51. The molecule has 0 unspecified atom stereocenters. The molecule has 0 fully saturated rings. The van der Waals surface area contributed by atoms with Gasteiger partial charge in [0.2, 0.25) is 0 Å². The number of hydrogen-bond donors (Lipinski definition) is 0. The number of esters is 2. The number of aromatic nitrogens is 4. The highest BCUT2D eigenvalue weighted by Gasteiger charge is 2.28. The molecule has 2 heterocycles. The zero-order valence-electron chi connectivity index (χ0n) is 14.7. The number of rotatable bonds is 4. The smallest absolute Gasteiger partial charge is 0.359 e. The van der Waals surface area contributed by atoms with Crippen LogP contribution in [0.1, 0.15) is 48.7 Å². The highest BCUT2D eigenvalue weighted by atomic mass is 79.9. The summed E-state index contributed by atoms with van der Waals surface area (Å²) in [6.45, 7) is 6.82. The van der Waals surface area contributed by atoms with Gasteiger partial charge in [-0.1, -0.05) is 0 Å². The molecule has 0 saturated heterocycles. The molecule has 142 valence electrons. The van der Waals surface area contributed by atoms with Crippen LogP contribution in [-0.4, -0.2) is 42.9 Å². The number of nitrogens with zero attached hydrogens (tertiary/aromatic N) is 4. The zero-order chi connectivity index (χ0) is 19.9. The van der Waals surface area contributed by atoms with Crippen molar-refractivity contribution in [3.63, 3.8) is 0 Å². The van der Waals surface area contributed by atoms with E-state index in [-0.39, 0.29) is 23.6 Å². The summed E-state index contributed by atoms with van der Waals surface area (Å²) in [6, 6.07) is 0. The number of halogens is 2. The molecule has 1 aromatic carbocycles. The van der Waals surface area contributed by atoms with E-state index in [1.807, 2.05) is 0 Å². The fraction of sp³-hybridized carbons (Fsp3) is 0.375. The lowest BCUT2D eigenvalue weighted by Crippen LogP contribution is -2.22. The van der Waals surface area contributed by atoms with E-state index in [0.717, 1.165) is 11.7 Å². The first-order chi connectivity index (χ1) is 12.7. The molecule has 2 aromatic heterocycles. The normalized spacial score (nSPS) is 11.6. The van der Waals surface area contributed by atoms with Crippen molar-refractivity contribution >= 4 is 77.6 Å². The number of hydrogen-bond acceptors (Lipinski definition) is 9. The van der Waals surface area contributed by atoms with Crippen LogP contribution in [-0.2, 0) is 9.47 Å². The lowest BCUT2D eigenvalue weighted by atomic mass is 10.2. The van der Waals surface area contributed by atoms with E-state index in [4.69, 9.17) is 9.47 Å². The van der Waals surface area contributed by atoms with Gasteiger partial charge in [-0.05, 0) is 59.6 Å². The minimum atomic E-state index is -0.755.